The molecule has 6 heteroatoms. The molecule has 1 aliphatic rings. The predicted octanol–water partition coefficient (Wildman–Crippen LogP) is 3.06. The Labute approximate surface area is 163 Å². The van der Waals surface area contributed by atoms with Gasteiger partial charge in [0.2, 0.25) is 0 Å². The van der Waals surface area contributed by atoms with Crippen LogP contribution in [0.25, 0.3) is 0 Å². The Hall–Kier alpha value is -1.18. The Morgan fingerprint density at radius 2 is 1.88 bits per heavy atom. The lowest BCUT2D eigenvalue weighted by atomic mass is 10.1. The molecule has 0 saturated carbocycles. The van der Waals surface area contributed by atoms with Crippen molar-refractivity contribution in [1.29, 1.82) is 0 Å². The van der Waals surface area contributed by atoms with Gasteiger partial charge in [-0.3, -0.25) is 4.99 Å². The van der Waals surface area contributed by atoms with Crippen LogP contribution in [0.5, 0.6) is 5.75 Å². The smallest absolute Gasteiger partial charge is 0.193 e. The second-order valence-electron chi connectivity index (χ2n) is 6.30. The molecule has 0 aliphatic carbocycles. The third kappa shape index (κ3) is 5.72. The summed E-state index contributed by atoms with van der Waals surface area (Å²) in [6.07, 6.45) is 1.17. The number of hydrogen-bond donors (Lipinski definition) is 1. The monoisotopic (exact) mass is 446 g/mol. The molecule has 0 unspecified atom stereocenters. The molecule has 1 fully saturated rings. The topological polar surface area (TPSA) is 40.1 Å². The number of nitrogens with one attached hydrogen (secondary N) is 1. The van der Waals surface area contributed by atoms with Crippen LogP contribution in [0.1, 0.15) is 20.3 Å². The highest BCUT2D eigenvalue weighted by atomic mass is 127. The van der Waals surface area contributed by atoms with Gasteiger partial charge in [-0.15, -0.1) is 24.0 Å². The molecule has 2 rings (SSSR count). The third-order valence-electron chi connectivity index (χ3n) is 4.22. The number of para-hydroxylation sites is 2. The number of guanidine groups is 1. The summed E-state index contributed by atoms with van der Waals surface area (Å²) in [5, 5.41) is 3.48. The number of piperazine rings is 1. The minimum atomic E-state index is 0. The molecule has 1 aromatic rings. The molecule has 1 aliphatic heterocycles. The van der Waals surface area contributed by atoms with Crippen LogP contribution in [0.15, 0.2) is 29.3 Å². The minimum Gasteiger partial charge on any atom is -0.495 e. The van der Waals surface area contributed by atoms with Crippen LogP contribution >= 0.6 is 24.0 Å². The number of halogens is 1. The maximum absolute atomic E-state index is 5.48. The molecule has 136 valence electrons. The van der Waals surface area contributed by atoms with Crippen molar-refractivity contribution < 1.29 is 4.74 Å². The maximum Gasteiger partial charge on any atom is 0.193 e. The van der Waals surface area contributed by atoms with Gasteiger partial charge < -0.3 is 19.9 Å². The minimum absolute atomic E-state index is 0. The van der Waals surface area contributed by atoms with Gasteiger partial charge in [-0.25, -0.2) is 0 Å². The number of aliphatic imine (C=N–C) groups is 1. The Balaban J connectivity index is 0.00000288. The number of hydrogen-bond acceptors (Lipinski definition) is 3. The van der Waals surface area contributed by atoms with Crippen LogP contribution in [0.3, 0.4) is 0 Å². The lowest BCUT2D eigenvalue weighted by molar-refractivity contribution is 0.366. The molecule has 0 aromatic heterocycles. The molecule has 1 heterocycles. The van der Waals surface area contributed by atoms with Crippen LogP contribution in [0.2, 0.25) is 0 Å². The van der Waals surface area contributed by atoms with Crippen molar-refractivity contribution in [3.05, 3.63) is 24.3 Å². The van der Waals surface area contributed by atoms with Crippen LogP contribution in [-0.2, 0) is 0 Å². The zero-order valence-electron chi connectivity index (χ0n) is 15.3. The zero-order chi connectivity index (χ0) is 16.7. The van der Waals surface area contributed by atoms with Crippen molar-refractivity contribution >= 4 is 35.6 Å². The van der Waals surface area contributed by atoms with Gasteiger partial charge in [-0.1, -0.05) is 26.0 Å². The lowest BCUT2D eigenvalue weighted by Crippen LogP contribution is -2.52. The van der Waals surface area contributed by atoms with Crippen LogP contribution in [0.4, 0.5) is 5.69 Å². The molecule has 24 heavy (non-hydrogen) atoms. The van der Waals surface area contributed by atoms with E-state index in [-0.39, 0.29) is 24.0 Å². The highest BCUT2D eigenvalue weighted by Gasteiger charge is 2.21. The van der Waals surface area contributed by atoms with E-state index in [1.807, 2.05) is 19.2 Å². The fourth-order valence-electron chi connectivity index (χ4n) is 2.86. The van der Waals surface area contributed by atoms with Gasteiger partial charge in [0, 0.05) is 39.8 Å². The predicted molar refractivity (Wildman–Crippen MR) is 113 cm³/mol. The molecule has 1 aromatic carbocycles. The number of benzene rings is 1. The number of nitrogens with zero attached hydrogens (tertiary/aromatic N) is 3. The summed E-state index contributed by atoms with van der Waals surface area (Å²) in [4.78, 5) is 9.15. The lowest BCUT2D eigenvalue weighted by Gasteiger charge is -2.38. The van der Waals surface area contributed by atoms with E-state index in [0.29, 0.717) is 5.92 Å². The van der Waals surface area contributed by atoms with E-state index in [2.05, 4.69) is 46.1 Å². The molecule has 1 saturated heterocycles. The largest absolute Gasteiger partial charge is 0.495 e. The van der Waals surface area contributed by atoms with Gasteiger partial charge in [-0.05, 0) is 24.5 Å². The molecule has 0 spiro atoms. The van der Waals surface area contributed by atoms with Crippen molar-refractivity contribution in [2.45, 2.75) is 20.3 Å². The first-order valence-electron chi connectivity index (χ1n) is 8.49. The van der Waals surface area contributed by atoms with Crippen molar-refractivity contribution in [3.63, 3.8) is 0 Å². The quantitative estimate of drug-likeness (QED) is 0.429. The van der Waals surface area contributed by atoms with Gasteiger partial charge >= 0.3 is 0 Å². The molecule has 0 bridgehead atoms. The Bertz CT molecular complexity index is 513. The van der Waals surface area contributed by atoms with E-state index in [1.54, 1.807) is 7.11 Å². The number of rotatable bonds is 5. The molecule has 0 radical (unpaired) electrons. The van der Waals surface area contributed by atoms with E-state index < -0.39 is 0 Å². The summed E-state index contributed by atoms with van der Waals surface area (Å²) in [6, 6.07) is 8.23. The molecule has 1 N–H and O–H groups in total. The number of ether oxygens (including phenoxy) is 1. The Morgan fingerprint density at radius 1 is 1.21 bits per heavy atom. The molecule has 0 amide bonds. The molecular formula is C18H31IN4O. The zero-order valence-corrected chi connectivity index (χ0v) is 17.6. The van der Waals surface area contributed by atoms with Gasteiger partial charge in [0.15, 0.2) is 5.96 Å². The summed E-state index contributed by atoms with van der Waals surface area (Å²) in [6.45, 7) is 9.37. The average molecular weight is 446 g/mol. The summed E-state index contributed by atoms with van der Waals surface area (Å²) < 4.78 is 5.48. The number of anilines is 1. The van der Waals surface area contributed by atoms with E-state index in [1.165, 1.54) is 12.1 Å². The maximum atomic E-state index is 5.48. The summed E-state index contributed by atoms with van der Waals surface area (Å²) in [7, 11) is 3.60. The Kier molecular flexibility index (Phi) is 9.25. The van der Waals surface area contributed by atoms with E-state index in [0.717, 1.165) is 44.4 Å². The van der Waals surface area contributed by atoms with Crippen LogP contribution < -0.4 is 15.0 Å². The van der Waals surface area contributed by atoms with Crippen LogP contribution in [-0.4, -0.2) is 57.7 Å². The highest BCUT2D eigenvalue weighted by molar-refractivity contribution is 14.0. The molecular weight excluding hydrogens is 415 g/mol. The Morgan fingerprint density at radius 3 is 2.46 bits per heavy atom. The van der Waals surface area contributed by atoms with E-state index in [9.17, 15) is 0 Å². The normalized spacial score (nSPS) is 15.3. The second-order valence-corrected chi connectivity index (χ2v) is 6.30. The SMILES string of the molecule is CN=C(NCCC(C)C)N1CCN(c2ccccc2OC)CC1.I. The van der Waals surface area contributed by atoms with Crippen molar-refractivity contribution in [2.75, 3.05) is 51.8 Å². The average Bonchev–Trinajstić information content (AvgIpc) is 2.59. The second kappa shape index (κ2) is 10.6. The standard InChI is InChI=1S/C18H30N4O.HI/c1-15(2)9-10-20-18(19-3)22-13-11-21(12-14-22)16-7-5-6-8-17(16)23-4;/h5-8,15H,9-14H2,1-4H3,(H,19,20);1H. The van der Waals surface area contributed by atoms with Gasteiger partial charge in [0.05, 0.1) is 12.8 Å². The summed E-state index contributed by atoms with van der Waals surface area (Å²) >= 11 is 0. The van der Waals surface area contributed by atoms with Gasteiger partial charge in [0.1, 0.15) is 5.75 Å². The van der Waals surface area contributed by atoms with E-state index >= 15 is 0 Å². The third-order valence-corrected chi connectivity index (χ3v) is 4.22. The van der Waals surface area contributed by atoms with Crippen LogP contribution in [0, 0.1) is 5.92 Å². The fourth-order valence-corrected chi connectivity index (χ4v) is 2.86. The number of methoxy groups -OCH3 is 1. The highest BCUT2D eigenvalue weighted by Crippen LogP contribution is 2.28. The van der Waals surface area contributed by atoms with Crippen molar-refractivity contribution in [2.24, 2.45) is 10.9 Å². The molecule has 0 atom stereocenters. The van der Waals surface area contributed by atoms with Crippen molar-refractivity contribution in [3.8, 4) is 5.75 Å². The first kappa shape index (κ1) is 20.9. The van der Waals surface area contributed by atoms with Gasteiger partial charge in [-0.2, -0.15) is 0 Å². The van der Waals surface area contributed by atoms with Crippen molar-refractivity contribution in [1.82, 2.24) is 10.2 Å². The fraction of sp³-hybridized carbons (Fsp3) is 0.611. The summed E-state index contributed by atoms with van der Waals surface area (Å²) in [5.74, 6) is 2.67. The summed E-state index contributed by atoms with van der Waals surface area (Å²) in [5.41, 5.74) is 1.18. The molecule has 5 nitrogen and oxygen atoms in total. The van der Waals surface area contributed by atoms with E-state index in [4.69, 9.17) is 4.74 Å². The van der Waals surface area contributed by atoms with Gasteiger partial charge in [0.25, 0.3) is 0 Å². The first-order valence-corrected chi connectivity index (χ1v) is 8.49. The first-order chi connectivity index (χ1) is 11.2.